The number of anilines is 1. The van der Waals surface area contributed by atoms with E-state index in [1.54, 1.807) is 18.5 Å². The van der Waals surface area contributed by atoms with Crippen molar-refractivity contribution in [2.75, 3.05) is 18.0 Å². The minimum Gasteiger partial charge on any atom is -0.354 e. The maximum absolute atomic E-state index is 12.7. The van der Waals surface area contributed by atoms with Gasteiger partial charge in [-0.15, -0.1) is 0 Å². The van der Waals surface area contributed by atoms with Crippen molar-refractivity contribution in [3.05, 3.63) is 46.5 Å². The molecule has 0 radical (unpaired) electrons. The number of aromatic nitrogens is 4. The third-order valence-electron chi connectivity index (χ3n) is 4.75. The summed E-state index contributed by atoms with van der Waals surface area (Å²) in [6.45, 7) is 1.88. The van der Waals surface area contributed by atoms with E-state index >= 15 is 0 Å². The highest BCUT2D eigenvalue weighted by Crippen LogP contribution is 2.26. The van der Waals surface area contributed by atoms with Gasteiger partial charge in [0, 0.05) is 19.6 Å². The predicted molar refractivity (Wildman–Crippen MR) is 105 cm³/mol. The van der Waals surface area contributed by atoms with Crippen molar-refractivity contribution < 1.29 is 4.79 Å². The van der Waals surface area contributed by atoms with E-state index in [1.165, 1.54) is 6.33 Å². The molecule has 2 N–H and O–H groups in total. The summed E-state index contributed by atoms with van der Waals surface area (Å²) in [7, 11) is 0. The van der Waals surface area contributed by atoms with Crippen LogP contribution in [0.25, 0.3) is 11.2 Å². The summed E-state index contributed by atoms with van der Waals surface area (Å²) < 4.78 is 0. The smallest absolute Gasteiger partial charge is 0.225 e. The van der Waals surface area contributed by atoms with Crippen LogP contribution >= 0.6 is 23.2 Å². The Hall–Kier alpha value is -2.38. The second-order valence-corrected chi connectivity index (χ2v) is 7.36. The summed E-state index contributed by atoms with van der Waals surface area (Å²) in [6.07, 6.45) is 4.88. The van der Waals surface area contributed by atoms with Crippen molar-refractivity contribution in [2.45, 2.75) is 19.4 Å². The van der Waals surface area contributed by atoms with Gasteiger partial charge in [-0.1, -0.05) is 29.3 Å². The van der Waals surface area contributed by atoms with E-state index in [4.69, 9.17) is 23.2 Å². The second-order valence-electron chi connectivity index (χ2n) is 6.55. The lowest BCUT2D eigenvalue weighted by atomic mass is 9.97. The van der Waals surface area contributed by atoms with Crippen LogP contribution in [-0.4, -0.2) is 38.9 Å². The normalized spacial score (nSPS) is 17.3. The Morgan fingerprint density at radius 2 is 2.15 bits per heavy atom. The summed E-state index contributed by atoms with van der Waals surface area (Å²) in [5.74, 6) is 0.717. The van der Waals surface area contributed by atoms with Gasteiger partial charge in [0.25, 0.3) is 0 Å². The first kappa shape index (κ1) is 18.0. The Balaban J connectivity index is 1.42. The molecular formula is C18H18Cl2N6O. The topological polar surface area (TPSA) is 86.8 Å². The number of aromatic amines is 1. The van der Waals surface area contributed by atoms with E-state index in [1.807, 2.05) is 6.07 Å². The number of rotatable bonds is 4. The van der Waals surface area contributed by atoms with Gasteiger partial charge in [-0.25, -0.2) is 15.0 Å². The van der Waals surface area contributed by atoms with Gasteiger partial charge in [0.15, 0.2) is 11.5 Å². The Kier molecular flexibility index (Phi) is 5.13. The molecule has 4 rings (SSSR count). The number of H-pyrrole nitrogens is 1. The van der Waals surface area contributed by atoms with Crippen LogP contribution in [0.4, 0.5) is 5.82 Å². The fraction of sp³-hybridized carbons (Fsp3) is 0.333. The van der Waals surface area contributed by atoms with Gasteiger partial charge in [-0.3, -0.25) is 4.79 Å². The lowest BCUT2D eigenvalue weighted by molar-refractivity contribution is -0.125. The van der Waals surface area contributed by atoms with E-state index in [9.17, 15) is 4.79 Å². The van der Waals surface area contributed by atoms with Crippen molar-refractivity contribution >= 4 is 46.1 Å². The Morgan fingerprint density at radius 3 is 3.00 bits per heavy atom. The number of benzene rings is 1. The van der Waals surface area contributed by atoms with Gasteiger partial charge in [0.1, 0.15) is 11.8 Å². The molecule has 1 aliphatic heterocycles. The van der Waals surface area contributed by atoms with Crippen molar-refractivity contribution in [3.8, 4) is 0 Å². The molecule has 3 aromatic rings. The molecule has 7 nitrogen and oxygen atoms in total. The fourth-order valence-corrected chi connectivity index (χ4v) is 3.68. The largest absolute Gasteiger partial charge is 0.354 e. The molecule has 0 saturated carbocycles. The molecule has 1 saturated heterocycles. The maximum atomic E-state index is 12.7. The zero-order valence-corrected chi connectivity index (χ0v) is 16.0. The van der Waals surface area contributed by atoms with Gasteiger partial charge in [0.2, 0.25) is 5.91 Å². The minimum atomic E-state index is -0.102. The number of amides is 1. The molecular weight excluding hydrogens is 387 g/mol. The van der Waals surface area contributed by atoms with Crippen molar-refractivity contribution in [1.82, 2.24) is 25.3 Å². The van der Waals surface area contributed by atoms with E-state index in [2.05, 4.69) is 30.2 Å². The average molecular weight is 405 g/mol. The number of halogens is 2. The number of carbonyl (C=O) groups excluding carboxylic acids is 1. The van der Waals surface area contributed by atoms with Gasteiger partial charge >= 0.3 is 0 Å². The Bertz CT molecular complexity index is 975. The molecule has 27 heavy (non-hydrogen) atoms. The number of nitrogens with zero attached hydrogens (tertiary/aromatic N) is 4. The molecule has 140 valence electrons. The van der Waals surface area contributed by atoms with Crippen LogP contribution in [0.5, 0.6) is 0 Å². The van der Waals surface area contributed by atoms with Crippen LogP contribution in [-0.2, 0) is 11.3 Å². The molecule has 9 heteroatoms. The molecule has 3 heterocycles. The molecule has 0 spiro atoms. The van der Waals surface area contributed by atoms with Crippen LogP contribution in [0.2, 0.25) is 10.0 Å². The molecule has 2 aromatic heterocycles. The first-order valence-electron chi connectivity index (χ1n) is 8.72. The number of piperidine rings is 1. The van der Waals surface area contributed by atoms with E-state index in [-0.39, 0.29) is 11.8 Å². The van der Waals surface area contributed by atoms with Crippen LogP contribution in [0, 0.1) is 5.92 Å². The molecule has 0 bridgehead atoms. The van der Waals surface area contributed by atoms with E-state index < -0.39 is 0 Å². The highest BCUT2D eigenvalue weighted by molar-refractivity contribution is 6.42. The first-order valence-corrected chi connectivity index (χ1v) is 9.48. The first-order chi connectivity index (χ1) is 13.1. The monoisotopic (exact) mass is 404 g/mol. The average Bonchev–Trinajstić information content (AvgIpc) is 3.17. The van der Waals surface area contributed by atoms with Crippen LogP contribution in [0.15, 0.2) is 30.9 Å². The molecule has 0 aliphatic carbocycles. The number of fused-ring (bicyclic) bond motifs is 1. The third kappa shape index (κ3) is 3.84. The van der Waals surface area contributed by atoms with Gasteiger partial charge < -0.3 is 15.2 Å². The van der Waals surface area contributed by atoms with Gasteiger partial charge in [-0.2, -0.15) is 0 Å². The van der Waals surface area contributed by atoms with Gasteiger partial charge in [-0.05, 0) is 30.5 Å². The lowest BCUT2D eigenvalue weighted by Crippen LogP contribution is -2.43. The Labute approximate surface area is 166 Å². The summed E-state index contributed by atoms with van der Waals surface area (Å²) in [6, 6.07) is 5.36. The molecule has 1 aliphatic rings. The highest BCUT2D eigenvalue weighted by Gasteiger charge is 2.27. The van der Waals surface area contributed by atoms with E-state index in [0.717, 1.165) is 36.3 Å². The summed E-state index contributed by atoms with van der Waals surface area (Å²) >= 11 is 12.0. The third-order valence-corrected chi connectivity index (χ3v) is 5.48. The number of carbonyl (C=O) groups is 1. The van der Waals surface area contributed by atoms with Crippen molar-refractivity contribution in [2.24, 2.45) is 5.92 Å². The summed E-state index contributed by atoms with van der Waals surface area (Å²) in [4.78, 5) is 30.6. The van der Waals surface area contributed by atoms with Crippen LogP contribution in [0.1, 0.15) is 18.4 Å². The molecule has 1 atom stereocenters. The predicted octanol–water partition coefficient (Wildman–Crippen LogP) is 3.19. The lowest BCUT2D eigenvalue weighted by Gasteiger charge is -2.32. The standard InChI is InChI=1S/C18H18Cl2N6O/c19-13-4-3-11(6-14(13)20)7-21-18(27)12-2-1-5-26(8-12)17-15-16(23-9-22-15)24-10-25-17/h3-4,6,9-10,12H,1-2,5,7-8H2,(H,21,27)(H,22,23,24,25). The zero-order chi connectivity index (χ0) is 18.8. The summed E-state index contributed by atoms with van der Waals surface area (Å²) in [5, 5.41) is 3.99. The summed E-state index contributed by atoms with van der Waals surface area (Å²) in [5.41, 5.74) is 2.35. The van der Waals surface area contributed by atoms with E-state index in [0.29, 0.717) is 28.8 Å². The highest BCUT2D eigenvalue weighted by atomic mass is 35.5. The maximum Gasteiger partial charge on any atom is 0.225 e. The number of imidazole rings is 1. The minimum absolute atomic E-state index is 0.0284. The molecule has 1 amide bonds. The van der Waals surface area contributed by atoms with Crippen LogP contribution in [0.3, 0.4) is 0 Å². The number of hydrogen-bond donors (Lipinski definition) is 2. The molecule has 1 aromatic carbocycles. The fourth-order valence-electron chi connectivity index (χ4n) is 3.36. The number of hydrogen-bond acceptors (Lipinski definition) is 5. The quantitative estimate of drug-likeness (QED) is 0.696. The number of nitrogens with one attached hydrogen (secondary N) is 2. The molecule has 1 unspecified atom stereocenters. The zero-order valence-electron chi connectivity index (χ0n) is 14.5. The second kappa shape index (κ2) is 7.70. The SMILES string of the molecule is O=C(NCc1ccc(Cl)c(Cl)c1)C1CCCN(c2ncnc3nc[nH]c23)C1. The van der Waals surface area contributed by atoms with Crippen molar-refractivity contribution in [3.63, 3.8) is 0 Å². The van der Waals surface area contributed by atoms with Crippen molar-refractivity contribution in [1.29, 1.82) is 0 Å². The molecule has 1 fully saturated rings. The van der Waals surface area contributed by atoms with Crippen LogP contribution < -0.4 is 10.2 Å². The Morgan fingerprint density at radius 1 is 1.26 bits per heavy atom. The van der Waals surface area contributed by atoms with Gasteiger partial charge in [0.05, 0.1) is 22.3 Å².